The molecule has 0 saturated heterocycles. The molecule has 0 bridgehead atoms. The molecule has 0 aliphatic heterocycles. The van der Waals surface area contributed by atoms with Gasteiger partial charge in [-0.05, 0) is 25.5 Å². The molecule has 0 aliphatic rings. The molecule has 0 radical (unpaired) electrons. The second-order valence-corrected chi connectivity index (χ2v) is 7.66. The second kappa shape index (κ2) is 12.2. The van der Waals surface area contributed by atoms with Crippen molar-refractivity contribution < 1.29 is 14.6 Å². The van der Waals surface area contributed by atoms with Gasteiger partial charge in [0.2, 0.25) is 5.88 Å². The number of pyridine rings is 2. The largest absolute Gasteiger partial charge is 0.481 e. The van der Waals surface area contributed by atoms with Crippen LogP contribution in [0, 0.1) is 0 Å². The van der Waals surface area contributed by atoms with Crippen LogP contribution in [0.15, 0.2) is 35.4 Å². The highest BCUT2D eigenvalue weighted by Crippen LogP contribution is 2.22. The van der Waals surface area contributed by atoms with Gasteiger partial charge in [-0.1, -0.05) is 6.92 Å². The molecule has 0 amide bonds. The Bertz CT molecular complexity index is 1080. The minimum absolute atomic E-state index is 0.219. The summed E-state index contributed by atoms with van der Waals surface area (Å²) >= 11 is 0. The quantitative estimate of drug-likeness (QED) is 0.330. The number of ether oxygens (including phenoxy) is 2. The molecular weight excluding hydrogens is 424 g/mol. The molecule has 10 nitrogen and oxygen atoms in total. The van der Waals surface area contributed by atoms with Gasteiger partial charge in [0, 0.05) is 50.6 Å². The number of methoxy groups -OCH3 is 1. The van der Waals surface area contributed by atoms with E-state index in [1.165, 1.54) is 0 Å². The summed E-state index contributed by atoms with van der Waals surface area (Å²) in [5.74, 6) is 0.780. The zero-order valence-corrected chi connectivity index (χ0v) is 19.4. The lowest BCUT2D eigenvalue weighted by Crippen LogP contribution is -2.32. The first-order valence-corrected chi connectivity index (χ1v) is 11.1. The summed E-state index contributed by atoms with van der Waals surface area (Å²) in [7, 11) is 1.57. The van der Waals surface area contributed by atoms with Crippen LogP contribution in [-0.4, -0.2) is 70.7 Å². The van der Waals surface area contributed by atoms with Crippen LogP contribution in [0.5, 0.6) is 5.88 Å². The fraction of sp³-hybridized carbons (Fsp3) is 0.478. The van der Waals surface area contributed by atoms with Crippen molar-refractivity contribution in [2.75, 3.05) is 45.3 Å². The number of hydrogen-bond donors (Lipinski definition) is 3. The van der Waals surface area contributed by atoms with Crippen LogP contribution < -0.4 is 20.9 Å². The molecule has 0 aliphatic carbocycles. The van der Waals surface area contributed by atoms with Crippen molar-refractivity contribution in [1.29, 1.82) is 0 Å². The number of nitrogens with zero attached hydrogens (tertiary/aromatic N) is 4. The third-order valence-corrected chi connectivity index (χ3v) is 4.92. The van der Waals surface area contributed by atoms with Crippen LogP contribution in [0.2, 0.25) is 0 Å². The molecule has 33 heavy (non-hydrogen) atoms. The summed E-state index contributed by atoms with van der Waals surface area (Å²) in [5, 5.41) is 15.6. The summed E-state index contributed by atoms with van der Waals surface area (Å²) in [6.07, 6.45) is 3.83. The van der Waals surface area contributed by atoms with E-state index in [0.717, 1.165) is 12.0 Å². The van der Waals surface area contributed by atoms with Crippen LogP contribution in [-0.2, 0) is 11.3 Å². The first kappa shape index (κ1) is 24.6. The third-order valence-electron chi connectivity index (χ3n) is 4.92. The Morgan fingerprint density at radius 1 is 1.18 bits per heavy atom. The van der Waals surface area contributed by atoms with Gasteiger partial charge in [0.05, 0.1) is 37.2 Å². The van der Waals surface area contributed by atoms with E-state index in [0.29, 0.717) is 62.0 Å². The summed E-state index contributed by atoms with van der Waals surface area (Å²) in [4.78, 5) is 26.5. The lowest BCUT2D eigenvalue weighted by molar-refractivity contribution is 0.127. The first-order chi connectivity index (χ1) is 16.0. The lowest BCUT2D eigenvalue weighted by atomic mass is 10.2. The van der Waals surface area contributed by atoms with Crippen LogP contribution >= 0.6 is 0 Å². The molecule has 3 heterocycles. The van der Waals surface area contributed by atoms with Gasteiger partial charge in [0.25, 0.3) is 5.56 Å². The van der Waals surface area contributed by atoms with Gasteiger partial charge in [-0.2, -0.15) is 0 Å². The minimum Gasteiger partial charge on any atom is -0.481 e. The van der Waals surface area contributed by atoms with E-state index >= 15 is 0 Å². The predicted molar refractivity (Wildman–Crippen MR) is 128 cm³/mol. The zero-order valence-electron chi connectivity index (χ0n) is 19.4. The maximum absolute atomic E-state index is 13.2. The average molecular weight is 457 g/mol. The van der Waals surface area contributed by atoms with E-state index < -0.39 is 6.10 Å². The number of nitrogens with one attached hydrogen (secondary N) is 2. The van der Waals surface area contributed by atoms with E-state index in [1.807, 2.05) is 19.1 Å². The SMILES string of the molecule is CCCOCCn1c(=O)c(NCCNCC(C)O)nc2cnc(-c3ccc(OC)nc3)cc21. The molecule has 1 atom stereocenters. The molecule has 0 spiro atoms. The number of aliphatic hydroxyl groups excluding tert-OH is 1. The molecule has 3 aromatic rings. The van der Waals surface area contributed by atoms with Crippen LogP contribution in [0.25, 0.3) is 22.3 Å². The van der Waals surface area contributed by atoms with Gasteiger partial charge in [-0.3, -0.25) is 9.78 Å². The topological polar surface area (TPSA) is 123 Å². The third kappa shape index (κ3) is 6.70. The number of fused-ring (bicyclic) bond motifs is 1. The molecule has 3 N–H and O–H groups in total. The van der Waals surface area contributed by atoms with Crippen molar-refractivity contribution in [1.82, 2.24) is 24.8 Å². The van der Waals surface area contributed by atoms with Crippen molar-refractivity contribution in [3.05, 3.63) is 40.9 Å². The van der Waals surface area contributed by atoms with E-state index in [1.54, 1.807) is 37.1 Å². The van der Waals surface area contributed by atoms with Gasteiger partial charge in [0.1, 0.15) is 5.52 Å². The molecule has 3 rings (SSSR count). The Hall–Kier alpha value is -3.08. The van der Waals surface area contributed by atoms with Gasteiger partial charge < -0.3 is 29.8 Å². The van der Waals surface area contributed by atoms with Crippen LogP contribution in [0.3, 0.4) is 0 Å². The first-order valence-electron chi connectivity index (χ1n) is 11.1. The van der Waals surface area contributed by atoms with E-state index in [4.69, 9.17) is 9.47 Å². The lowest BCUT2D eigenvalue weighted by Gasteiger charge is -2.14. The van der Waals surface area contributed by atoms with Crippen LogP contribution in [0.4, 0.5) is 5.82 Å². The second-order valence-electron chi connectivity index (χ2n) is 7.66. The Balaban J connectivity index is 1.90. The van der Waals surface area contributed by atoms with Crippen molar-refractivity contribution in [3.8, 4) is 17.1 Å². The standard InChI is InChI=1S/C23H32N6O4/c1-4-10-33-11-9-29-20-12-18(17-5-6-21(32-3)27-14-17)26-15-19(20)28-22(23(29)31)25-8-7-24-13-16(2)30/h5-6,12,14-16,24,30H,4,7-11,13H2,1-3H3,(H,25,28). The highest BCUT2D eigenvalue weighted by molar-refractivity contribution is 5.80. The van der Waals surface area contributed by atoms with Crippen molar-refractivity contribution in [2.45, 2.75) is 32.9 Å². The molecule has 0 fully saturated rings. The molecule has 178 valence electrons. The fourth-order valence-electron chi connectivity index (χ4n) is 3.28. The van der Waals surface area contributed by atoms with Crippen molar-refractivity contribution in [2.24, 2.45) is 0 Å². The number of aliphatic hydroxyl groups is 1. The molecule has 10 heteroatoms. The van der Waals surface area contributed by atoms with E-state index in [-0.39, 0.29) is 11.4 Å². The predicted octanol–water partition coefficient (Wildman–Crippen LogP) is 1.67. The van der Waals surface area contributed by atoms with Crippen LogP contribution in [0.1, 0.15) is 20.3 Å². The molecule has 1 unspecified atom stereocenters. The Kier molecular flexibility index (Phi) is 9.11. The van der Waals surface area contributed by atoms with Crippen molar-refractivity contribution in [3.63, 3.8) is 0 Å². The monoisotopic (exact) mass is 456 g/mol. The number of anilines is 1. The highest BCUT2D eigenvalue weighted by atomic mass is 16.5. The summed E-state index contributed by atoms with van der Waals surface area (Å²) in [6, 6.07) is 5.49. The van der Waals surface area contributed by atoms with E-state index in [9.17, 15) is 9.90 Å². The summed E-state index contributed by atoms with van der Waals surface area (Å²) < 4.78 is 12.4. The van der Waals surface area contributed by atoms with Gasteiger partial charge >= 0.3 is 0 Å². The van der Waals surface area contributed by atoms with Gasteiger partial charge in [-0.15, -0.1) is 0 Å². The molecule has 0 saturated carbocycles. The van der Waals surface area contributed by atoms with Crippen molar-refractivity contribution >= 4 is 16.9 Å². The average Bonchev–Trinajstić information content (AvgIpc) is 2.82. The normalized spacial score (nSPS) is 12.1. The summed E-state index contributed by atoms with van der Waals surface area (Å²) in [6.45, 7) is 6.79. The minimum atomic E-state index is -0.426. The number of rotatable bonds is 13. The fourth-order valence-corrected chi connectivity index (χ4v) is 3.28. The number of aromatic nitrogens is 4. The Labute approximate surface area is 193 Å². The molecular formula is C23H32N6O4. The molecule has 0 aromatic carbocycles. The smallest absolute Gasteiger partial charge is 0.293 e. The maximum Gasteiger partial charge on any atom is 0.293 e. The highest BCUT2D eigenvalue weighted by Gasteiger charge is 2.13. The maximum atomic E-state index is 13.2. The summed E-state index contributed by atoms with van der Waals surface area (Å²) in [5.41, 5.74) is 2.56. The van der Waals surface area contributed by atoms with E-state index in [2.05, 4.69) is 25.6 Å². The Morgan fingerprint density at radius 3 is 2.73 bits per heavy atom. The number of hydrogen-bond acceptors (Lipinski definition) is 9. The molecule has 3 aromatic heterocycles. The zero-order chi connectivity index (χ0) is 23.6. The van der Waals surface area contributed by atoms with Gasteiger partial charge in [0.15, 0.2) is 5.82 Å². The van der Waals surface area contributed by atoms with Gasteiger partial charge in [-0.25, -0.2) is 9.97 Å². The Morgan fingerprint density at radius 2 is 2.03 bits per heavy atom.